The number of amides is 1. The summed E-state index contributed by atoms with van der Waals surface area (Å²) in [5.74, 6) is -0.728. The lowest BCUT2D eigenvalue weighted by Crippen LogP contribution is -2.21. The lowest BCUT2D eigenvalue weighted by molar-refractivity contribution is 0.0603. The Morgan fingerprint density at radius 2 is 1.79 bits per heavy atom. The number of aryl methyl sites for hydroxylation is 1. The van der Waals surface area contributed by atoms with E-state index in [0.717, 1.165) is 14.9 Å². The molecule has 9 heteroatoms. The van der Waals surface area contributed by atoms with Gasteiger partial charge < -0.3 is 19.2 Å². The van der Waals surface area contributed by atoms with Gasteiger partial charge >= 0.3 is 11.6 Å². The SMILES string of the molecule is COC(=O)c1c(NC(=O)c2cc3cc(OC)ccc3oc2=O)sc(C)c1-c1ccc(Br)cc1. The van der Waals surface area contributed by atoms with Crippen LogP contribution in [0.3, 0.4) is 0 Å². The molecular formula is C24H18BrNO6S. The largest absolute Gasteiger partial charge is 0.497 e. The van der Waals surface area contributed by atoms with E-state index in [2.05, 4.69) is 21.2 Å². The number of esters is 1. The van der Waals surface area contributed by atoms with Crippen molar-refractivity contribution in [1.82, 2.24) is 0 Å². The fourth-order valence-corrected chi connectivity index (χ4v) is 4.77. The van der Waals surface area contributed by atoms with Crippen molar-refractivity contribution in [2.45, 2.75) is 6.92 Å². The number of benzene rings is 2. The summed E-state index contributed by atoms with van der Waals surface area (Å²) in [4.78, 5) is 39.0. The first-order valence-electron chi connectivity index (χ1n) is 9.73. The summed E-state index contributed by atoms with van der Waals surface area (Å²) in [6.07, 6.45) is 0. The second-order valence-electron chi connectivity index (χ2n) is 7.04. The van der Waals surface area contributed by atoms with Gasteiger partial charge in [-0.15, -0.1) is 11.3 Å². The van der Waals surface area contributed by atoms with Crippen molar-refractivity contribution >= 4 is 55.1 Å². The van der Waals surface area contributed by atoms with E-state index in [9.17, 15) is 14.4 Å². The van der Waals surface area contributed by atoms with Crippen LogP contribution in [0.1, 0.15) is 25.6 Å². The summed E-state index contributed by atoms with van der Waals surface area (Å²) in [5.41, 5.74) is 1.03. The monoisotopic (exact) mass is 527 g/mol. The Labute approximate surface area is 201 Å². The van der Waals surface area contributed by atoms with Gasteiger partial charge in [0.25, 0.3) is 5.91 Å². The van der Waals surface area contributed by atoms with Crippen LogP contribution in [0.15, 0.2) is 62.2 Å². The molecule has 168 valence electrons. The van der Waals surface area contributed by atoms with E-state index in [0.29, 0.717) is 22.3 Å². The van der Waals surface area contributed by atoms with Crippen LogP contribution in [0.5, 0.6) is 5.75 Å². The molecule has 0 saturated heterocycles. The first-order valence-corrected chi connectivity index (χ1v) is 11.3. The molecule has 0 bridgehead atoms. The van der Waals surface area contributed by atoms with Crippen molar-refractivity contribution in [3.8, 4) is 16.9 Å². The van der Waals surface area contributed by atoms with Crippen LogP contribution < -0.4 is 15.7 Å². The predicted molar refractivity (Wildman–Crippen MR) is 131 cm³/mol. The Morgan fingerprint density at radius 3 is 2.45 bits per heavy atom. The number of carbonyl (C=O) groups excluding carboxylic acids is 2. The van der Waals surface area contributed by atoms with Gasteiger partial charge in [-0.05, 0) is 48.9 Å². The summed E-state index contributed by atoms with van der Waals surface area (Å²) in [6.45, 7) is 1.85. The van der Waals surface area contributed by atoms with E-state index in [1.54, 1.807) is 18.2 Å². The second-order valence-corrected chi connectivity index (χ2v) is 9.18. The van der Waals surface area contributed by atoms with E-state index in [1.807, 2.05) is 31.2 Å². The minimum atomic E-state index is -0.786. The Hall–Kier alpha value is -3.43. The Morgan fingerprint density at radius 1 is 1.06 bits per heavy atom. The van der Waals surface area contributed by atoms with E-state index in [1.165, 1.54) is 31.6 Å². The van der Waals surface area contributed by atoms with Crippen LogP contribution in [-0.4, -0.2) is 26.1 Å². The van der Waals surface area contributed by atoms with Crippen LogP contribution in [0, 0.1) is 6.92 Å². The maximum atomic E-state index is 13.0. The number of thiophene rings is 1. The lowest BCUT2D eigenvalue weighted by atomic mass is 10.0. The average Bonchev–Trinajstić information content (AvgIpc) is 3.13. The molecule has 2 aromatic carbocycles. The normalized spacial score (nSPS) is 10.8. The topological polar surface area (TPSA) is 94.8 Å². The molecule has 0 radical (unpaired) electrons. The zero-order valence-electron chi connectivity index (χ0n) is 17.9. The number of nitrogens with one attached hydrogen (secondary N) is 1. The van der Waals surface area contributed by atoms with Crippen molar-refractivity contribution in [3.05, 3.63) is 79.4 Å². The molecule has 2 heterocycles. The Bertz CT molecular complexity index is 1440. The van der Waals surface area contributed by atoms with Gasteiger partial charge in [-0.3, -0.25) is 4.79 Å². The summed E-state index contributed by atoms with van der Waals surface area (Å²) in [5, 5.41) is 3.51. The molecule has 33 heavy (non-hydrogen) atoms. The molecular weight excluding hydrogens is 510 g/mol. The van der Waals surface area contributed by atoms with Gasteiger partial charge in [0.2, 0.25) is 0 Å². The van der Waals surface area contributed by atoms with Gasteiger partial charge in [0, 0.05) is 20.3 Å². The van der Waals surface area contributed by atoms with Gasteiger partial charge in [-0.1, -0.05) is 28.1 Å². The van der Waals surface area contributed by atoms with Crippen LogP contribution in [0.4, 0.5) is 5.00 Å². The zero-order valence-corrected chi connectivity index (χ0v) is 20.3. The highest BCUT2D eigenvalue weighted by Gasteiger charge is 2.26. The maximum Gasteiger partial charge on any atom is 0.349 e. The number of anilines is 1. The minimum absolute atomic E-state index is 0.192. The number of halogens is 1. The third kappa shape index (κ3) is 4.42. The number of hydrogen-bond donors (Lipinski definition) is 1. The lowest BCUT2D eigenvalue weighted by Gasteiger charge is -2.08. The molecule has 0 spiro atoms. The van der Waals surface area contributed by atoms with E-state index in [-0.39, 0.29) is 16.1 Å². The number of fused-ring (bicyclic) bond motifs is 1. The average molecular weight is 528 g/mol. The maximum absolute atomic E-state index is 13.0. The summed E-state index contributed by atoms with van der Waals surface area (Å²) >= 11 is 4.63. The molecule has 0 atom stereocenters. The highest BCUT2D eigenvalue weighted by Crippen LogP contribution is 2.40. The molecule has 0 aliphatic heterocycles. The standard InChI is InChI=1S/C24H18BrNO6S/c1-12-19(13-4-6-15(25)7-5-13)20(24(29)31-3)22(33-12)26-21(27)17-11-14-10-16(30-2)8-9-18(14)32-23(17)28/h4-11H,1-3H3,(H,26,27). The minimum Gasteiger partial charge on any atom is -0.497 e. The molecule has 4 aromatic rings. The van der Waals surface area contributed by atoms with Crippen molar-refractivity contribution in [1.29, 1.82) is 0 Å². The quantitative estimate of drug-likeness (QED) is 0.266. The number of hydrogen-bond acceptors (Lipinski definition) is 7. The molecule has 2 aromatic heterocycles. The summed E-state index contributed by atoms with van der Waals surface area (Å²) < 4.78 is 16.4. The first kappa shape index (κ1) is 22.8. The molecule has 0 unspecified atom stereocenters. The summed E-state index contributed by atoms with van der Waals surface area (Å²) in [6, 6.07) is 13.8. The molecule has 7 nitrogen and oxygen atoms in total. The van der Waals surface area contributed by atoms with E-state index in [4.69, 9.17) is 13.9 Å². The molecule has 0 saturated carbocycles. The Balaban J connectivity index is 1.77. The predicted octanol–water partition coefficient (Wildman–Crippen LogP) is 5.64. The number of carbonyl (C=O) groups is 2. The molecule has 0 aliphatic carbocycles. The van der Waals surface area contributed by atoms with Crippen LogP contribution in [-0.2, 0) is 4.74 Å². The van der Waals surface area contributed by atoms with Crippen LogP contribution >= 0.6 is 27.3 Å². The molecule has 0 fully saturated rings. The van der Waals surface area contributed by atoms with Crippen molar-refractivity contribution in [3.63, 3.8) is 0 Å². The fraction of sp³-hybridized carbons (Fsp3) is 0.125. The van der Waals surface area contributed by atoms with Gasteiger partial charge in [0.1, 0.15) is 27.5 Å². The van der Waals surface area contributed by atoms with Crippen molar-refractivity contribution in [2.24, 2.45) is 0 Å². The van der Waals surface area contributed by atoms with E-state index >= 15 is 0 Å². The Kier molecular flexibility index (Phi) is 6.35. The molecule has 0 aliphatic rings. The zero-order chi connectivity index (χ0) is 23.7. The second kappa shape index (κ2) is 9.21. The summed E-state index contributed by atoms with van der Waals surface area (Å²) in [7, 11) is 2.79. The third-order valence-electron chi connectivity index (χ3n) is 5.02. The number of rotatable bonds is 5. The van der Waals surface area contributed by atoms with Crippen molar-refractivity contribution in [2.75, 3.05) is 19.5 Å². The molecule has 1 N–H and O–H groups in total. The smallest absolute Gasteiger partial charge is 0.349 e. The highest BCUT2D eigenvalue weighted by molar-refractivity contribution is 9.10. The molecule has 4 rings (SSSR count). The fourth-order valence-electron chi connectivity index (χ4n) is 3.45. The first-order chi connectivity index (χ1) is 15.8. The molecule has 1 amide bonds. The van der Waals surface area contributed by atoms with E-state index < -0.39 is 17.5 Å². The van der Waals surface area contributed by atoms with Gasteiger partial charge in [0.05, 0.1) is 14.2 Å². The van der Waals surface area contributed by atoms with Gasteiger partial charge in [-0.25, -0.2) is 9.59 Å². The highest BCUT2D eigenvalue weighted by atomic mass is 79.9. The third-order valence-corrected chi connectivity index (χ3v) is 6.57. The van der Waals surface area contributed by atoms with Crippen LogP contribution in [0.2, 0.25) is 0 Å². The van der Waals surface area contributed by atoms with Gasteiger partial charge in [0.15, 0.2) is 0 Å². The van der Waals surface area contributed by atoms with Gasteiger partial charge in [-0.2, -0.15) is 0 Å². The van der Waals surface area contributed by atoms with Crippen LogP contribution in [0.25, 0.3) is 22.1 Å². The number of ether oxygens (including phenoxy) is 2. The number of methoxy groups -OCH3 is 2. The van der Waals surface area contributed by atoms with Crippen molar-refractivity contribution < 1.29 is 23.5 Å².